The molecule has 1 aliphatic rings. The lowest BCUT2D eigenvalue weighted by Crippen LogP contribution is -2.65. The summed E-state index contributed by atoms with van der Waals surface area (Å²) in [5.41, 5.74) is 0. The van der Waals surface area contributed by atoms with Gasteiger partial charge in [0.1, 0.15) is 18.8 Å². The zero-order valence-corrected chi connectivity index (χ0v) is 18.5. The van der Waals surface area contributed by atoms with Gasteiger partial charge in [-0.25, -0.2) is 4.79 Å². The fourth-order valence-electron chi connectivity index (χ4n) is 3.11. The Balaban J connectivity index is 3.60. The van der Waals surface area contributed by atoms with Gasteiger partial charge >= 0.3 is 41.6 Å². The molecule has 1 saturated heterocycles. The van der Waals surface area contributed by atoms with E-state index in [4.69, 9.17) is 28.4 Å². The van der Waals surface area contributed by atoms with E-state index in [2.05, 4.69) is 4.74 Å². The quantitative estimate of drug-likeness (QED) is 0.337. The predicted octanol–water partition coefficient (Wildman–Crippen LogP) is -0.434. The molecule has 0 amide bonds. The summed E-state index contributed by atoms with van der Waals surface area (Å²) in [4.78, 5) is 70.7. The Morgan fingerprint density at radius 3 is 1.91 bits per heavy atom. The summed E-state index contributed by atoms with van der Waals surface area (Å²) < 4.78 is 36.0. The minimum atomic E-state index is -2.45. The molecule has 13 heteroatoms. The number of methoxy groups -OCH3 is 1. The maximum Gasteiger partial charge on any atom is 0.379 e. The molecule has 0 aromatic heterocycles. The van der Waals surface area contributed by atoms with Crippen molar-refractivity contribution in [1.29, 1.82) is 0 Å². The molecule has 180 valence electrons. The van der Waals surface area contributed by atoms with Gasteiger partial charge in [0.05, 0.1) is 13.5 Å². The van der Waals surface area contributed by atoms with Crippen LogP contribution in [0.3, 0.4) is 0 Å². The molecule has 0 bridgehead atoms. The fourth-order valence-corrected chi connectivity index (χ4v) is 3.11. The van der Waals surface area contributed by atoms with Crippen LogP contribution >= 0.6 is 0 Å². The molecular formula is C19H26O13. The fraction of sp³-hybridized carbons (Fsp3) is 0.684. The third-order valence-corrected chi connectivity index (χ3v) is 4.05. The van der Waals surface area contributed by atoms with Crippen LogP contribution in [-0.2, 0) is 61.9 Å². The lowest BCUT2D eigenvalue weighted by molar-refractivity contribution is -0.317. The Bertz CT molecular complexity index is 760. The van der Waals surface area contributed by atoms with E-state index in [-0.39, 0.29) is 0 Å². The van der Waals surface area contributed by atoms with Crippen LogP contribution in [0, 0.1) is 0 Å². The first-order valence-electron chi connectivity index (χ1n) is 9.42. The molecule has 0 radical (unpaired) electrons. The van der Waals surface area contributed by atoms with E-state index in [0.717, 1.165) is 41.7 Å². The van der Waals surface area contributed by atoms with E-state index in [1.165, 1.54) is 0 Å². The van der Waals surface area contributed by atoms with Gasteiger partial charge in [0.25, 0.3) is 0 Å². The van der Waals surface area contributed by atoms with Crippen molar-refractivity contribution in [1.82, 2.24) is 0 Å². The minimum absolute atomic E-state index is 0.582. The summed E-state index contributed by atoms with van der Waals surface area (Å²) in [5, 5.41) is 0. The lowest BCUT2D eigenvalue weighted by Gasteiger charge is -2.46. The number of carbonyl (C=O) groups is 6. The number of carbonyl (C=O) groups excluding carboxylic acids is 6. The van der Waals surface area contributed by atoms with E-state index in [1.807, 2.05) is 0 Å². The molecule has 0 saturated carbocycles. The molecule has 0 N–H and O–H groups in total. The van der Waals surface area contributed by atoms with Crippen molar-refractivity contribution < 1.29 is 61.9 Å². The van der Waals surface area contributed by atoms with Crippen LogP contribution in [0.4, 0.5) is 0 Å². The van der Waals surface area contributed by atoms with E-state index in [1.54, 1.807) is 0 Å². The smallest absolute Gasteiger partial charge is 0.379 e. The van der Waals surface area contributed by atoms with E-state index in [0.29, 0.717) is 0 Å². The van der Waals surface area contributed by atoms with Gasteiger partial charge in [-0.15, -0.1) is 0 Å². The molecule has 0 aromatic rings. The number of hydrogen-bond donors (Lipinski definition) is 0. The van der Waals surface area contributed by atoms with Crippen molar-refractivity contribution in [2.45, 2.75) is 71.2 Å². The van der Waals surface area contributed by atoms with Gasteiger partial charge < -0.3 is 33.2 Å². The Morgan fingerprint density at radius 1 is 0.875 bits per heavy atom. The minimum Gasteiger partial charge on any atom is -0.464 e. The van der Waals surface area contributed by atoms with Crippen LogP contribution < -0.4 is 0 Å². The second-order valence-electron chi connectivity index (χ2n) is 6.80. The number of esters is 6. The van der Waals surface area contributed by atoms with Crippen LogP contribution in [-0.4, -0.2) is 79.7 Å². The zero-order chi connectivity index (χ0) is 24.6. The Morgan fingerprint density at radius 2 is 1.47 bits per heavy atom. The summed E-state index contributed by atoms with van der Waals surface area (Å²) in [6, 6.07) is 0. The van der Waals surface area contributed by atoms with Gasteiger partial charge in [0.2, 0.25) is 0 Å². The topological polar surface area (TPSA) is 167 Å². The van der Waals surface area contributed by atoms with Crippen molar-refractivity contribution >= 4 is 35.8 Å². The largest absolute Gasteiger partial charge is 0.464 e. The Kier molecular flexibility index (Phi) is 9.56. The number of ether oxygens (including phenoxy) is 7. The highest BCUT2D eigenvalue weighted by atomic mass is 16.8. The first-order valence-corrected chi connectivity index (χ1v) is 9.42. The van der Waals surface area contributed by atoms with Gasteiger partial charge in [-0.1, -0.05) is 0 Å². The molecule has 1 fully saturated rings. The first-order chi connectivity index (χ1) is 14.8. The van der Waals surface area contributed by atoms with Gasteiger partial charge in [0.15, 0.2) is 12.2 Å². The first kappa shape index (κ1) is 26.8. The highest BCUT2D eigenvalue weighted by Gasteiger charge is 2.60. The molecule has 0 aliphatic carbocycles. The molecule has 0 unspecified atom stereocenters. The predicted molar refractivity (Wildman–Crippen MR) is 99.3 cm³/mol. The van der Waals surface area contributed by atoms with Crippen LogP contribution in [0.15, 0.2) is 0 Å². The second-order valence-corrected chi connectivity index (χ2v) is 6.80. The molecule has 1 aliphatic heterocycles. The average molecular weight is 462 g/mol. The molecule has 13 nitrogen and oxygen atoms in total. The van der Waals surface area contributed by atoms with Gasteiger partial charge in [-0.3, -0.25) is 24.0 Å². The number of hydrogen-bond acceptors (Lipinski definition) is 13. The average Bonchev–Trinajstić information content (AvgIpc) is 2.64. The molecule has 1 heterocycles. The van der Waals surface area contributed by atoms with Crippen LogP contribution in [0.5, 0.6) is 0 Å². The molecule has 32 heavy (non-hydrogen) atoms. The van der Waals surface area contributed by atoms with Gasteiger partial charge in [-0.05, 0) is 0 Å². The Hall–Kier alpha value is -3.22. The molecule has 0 spiro atoms. The third-order valence-electron chi connectivity index (χ3n) is 4.05. The maximum atomic E-state index is 12.6. The van der Waals surface area contributed by atoms with Gasteiger partial charge in [0, 0.05) is 34.6 Å². The van der Waals surface area contributed by atoms with Crippen LogP contribution in [0.1, 0.15) is 41.0 Å². The van der Waals surface area contributed by atoms with Crippen molar-refractivity contribution in [3.63, 3.8) is 0 Å². The summed E-state index contributed by atoms with van der Waals surface area (Å²) >= 11 is 0. The molecule has 0 aromatic carbocycles. The van der Waals surface area contributed by atoms with Crippen LogP contribution in [0.2, 0.25) is 0 Å². The molecule has 1 rings (SSSR count). The summed E-state index contributed by atoms with van der Waals surface area (Å²) in [6.45, 7) is 4.67. The molecular weight excluding hydrogens is 436 g/mol. The van der Waals surface area contributed by atoms with E-state index >= 15 is 0 Å². The summed E-state index contributed by atoms with van der Waals surface area (Å²) in [5.74, 6) is -7.80. The van der Waals surface area contributed by atoms with Gasteiger partial charge in [-0.2, -0.15) is 0 Å². The highest BCUT2D eigenvalue weighted by molar-refractivity contribution is 5.82. The van der Waals surface area contributed by atoms with E-state index < -0.39 is 79.0 Å². The summed E-state index contributed by atoms with van der Waals surface area (Å²) in [6.07, 6.45) is -6.49. The third kappa shape index (κ3) is 7.48. The zero-order valence-electron chi connectivity index (χ0n) is 18.5. The standard InChI is InChI=1S/C19H26O13/c1-9(20)27-8-15(29-11(3)22)17-16(30-12(4)23)14(28-10(2)21)7-19(32-17,18(25)26-6)31-13(5)24/h14-17H,7-8H2,1-6H3/t14-,15+,16-,17-,19-/m0/s1. The van der Waals surface area contributed by atoms with Crippen molar-refractivity contribution in [3.8, 4) is 0 Å². The highest BCUT2D eigenvalue weighted by Crippen LogP contribution is 2.37. The van der Waals surface area contributed by atoms with E-state index in [9.17, 15) is 28.8 Å². The lowest BCUT2D eigenvalue weighted by atomic mass is 9.91. The molecule has 5 atom stereocenters. The Labute approximate surface area is 183 Å². The normalized spacial score (nSPS) is 25.5. The van der Waals surface area contributed by atoms with Crippen molar-refractivity contribution in [3.05, 3.63) is 0 Å². The maximum absolute atomic E-state index is 12.6. The monoisotopic (exact) mass is 462 g/mol. The number of rotatable bonds is 8. The van der Waals surface area contributed by atoms with Crippen LogP contribution in [0.25, 0.3) is 0 Å². The van der Waals surface area contributed by atoms with Crippen molar-refractivity contribution in [2.75, 3.05) is 13.7 Å². The second kappa shape index (κ2) is 11.4. The van der Waals surface area contributed by atoms with Crippen molar-refractivity contribution in [2.24, 2.45) is 0 Å². The SMILES string of the molecule is COC(=O)[C@]1(OC(C)=O)C[C@H](OC(C)=O)[C@H](OC(C)=O)[C@H]([C@@H](COC(C)=O)OC(C)=O)O1. The summed E-state index contributed by atoms with van der Waals surface area (Å²) in [7, 11) is 0.993.